The largest absolute Gasteiger partial charge is 0.497 e. The van der Waals surface area contributed by atoms with E-state index in [2.05, 4.69) is 59.0 Å². The first-order chi connectivity index (χ1) is 27.6. The van der Waals surface area contributed by atoms with Gasteiger partial charge in [-0.1, -0.05) is 85.8 Å². The van der Waals surface area contributed by atoms with Crippen molar-refractivity contribution in [1.82, 2.24) is 5.32 Å². The predicted molar refractivity (Wildman–Crippen MR) is 225 cm³/mol. The minimum Gasteiger partial charge on any atom is -0.497 e. The Morgan fingerprint density at radius 1 is 0.737 bits per heavy atom. The molecule has 0 saturated carbocycles. The number of carbonyl (C=O) groups is 1. The molecule has 11 heteroatoms. The molecule has 2 heterocycles. The molecule has 0 aromatic heterocycles. The fourth-order valence-corrected chi connectivity index (χ4v) is 7.54. The number of amides is 1. The van der Waals surface area contributed by atoms with Crippen LogP contribution in [0.3, 0.4) is 0 Å². The number of hydrogen-bond donors (Lipinski definition) is 1. The summed E-state index contributed by atoms with van der Waals surface area (Å²) in [6.45, 7) is 19.7. The van der Waals surface area contributed by atoms with Crippen LogP contribution in [0.2, 0.25) is 0 Å². The molecule has 1 N–H and O–H groups in total. The first-order valence-electron chi connectivity index (χ1n) is 22.6. The molecule has 1 aromatic carbocycles. The number of rotatable bonds is 31. The summed E-state index contributed by atoms with van der Waals surface area (Å²) in [5.41, 5.74) is 1.22. The maximum absolute atomic E-state index is 13.8. The molecule has 330 valence electrons. The van der Waals surface area contributed by atoms with Gasteiger partial charge in [0.15, 0.2) is 12.1 Å². The molecule has 2 aliphatic rings. The molecule has 6 unspecified atom stereocenters. The highest BCUT2D eigenvalue weighted by molar-refractivity contribution is 5.76. The van der Waals surface area contributed by atoms with Gasteiger partial charge in [-0.2, -0.15) is 0 Å². The van der Waals surface area contributed by atoms with Crippen molar-refractivity contribution in [3.63, 3.8) is 0 Å². The Hall–Kier alpha value is -1.83. The van der Waals surface area contributed by atoms with Gasteiger partial charge in [-0.15, -0.1) is 0 Å². The molecule has 0 bridgehead atoms. The fourth-order valence-electron chi connectivity index (χ4n) is 7.54. The SMILES string of the molecule is CCCCOCC1OC(OC[C@H](NC(=O)CCCCc2ccc(OC)cc2)[C@@H]2OC(C)(C)O[C@@H]2C(C)CCC)C(OCCCC)C(OCCCC)C1OCCCC. The van der Waals surface area contributed by atoms with E-state index < -0.39 is 42.5 Å². The number of ether oxygens (including phenoxy) is 9. The Morgan fingerprint density at radius 2 is 1.33 bits per heavy atom. The van der Waals surface area contributed by atoms with E-state index in [4.69, 9.17) is 42.6 Å². The quantitative estimate of drug-likeness (QED) is 0.0730. The topological polar surface area (TPSA) is 112 Å². The van der Waals surface area contributed by atoms with E-state index in [1.165, 1.54) is 5.56 Å². The van der Waals surface area contributed by atoms with Crippen LogP contribution < -0.4 is 10.1 Å². The summed E-state index contributed by atoms with van der Waals surface area (Å²) in [7, 11) is 1.67. The number of hydrogen-bond acceptors (Lipinski definition) is 10. The van der Waals surface area contributed by atoms with Gasteiger partial charge < -0.3 is 47.9 Å². The molecule has 0 radical (unpaired) electrons. The second-order valence-electron chi connectivity index (χ2n) is 16.4. The molecule has 2 aliphatic heterocycles. The molecule has 11 nitrogen and oxygen atoms in total. The monoisotopic (exact) mass is 808 g/mol. The van der Waals surface area contributed by atoms with Crippen molar-refractivity contribution < 1.29 is 47.4 Å². The van der Waals surface area contributed by atoms with Crippen LogP contribution in [0.1, 0.15) is 144 Å². The van der Waals surface area contributed by atoms with Crippen LogP contribution in [0.4, 0.5) is 0 Å². The predicted octanol–water partition coefficient (Wildman–Crippen LogP) is 8.96. The zero-order chi connectivity index (χ0) is 41.5. The van der Waals surface area contributed by atoms with Crippen LogP contribution in [-0.2, 0) is 49.1 Å². The Bertz CT molecular complexity index is 1180. The molecular formula is C46H81NO10. The highest BCUT2D eigenvalue weighted by atomic mass is 16.8. The minimum atomic E-state index is -0.812. The molecular weight excluding hydrogens is 727 g/mol. The van der Waals surface area contributed by atoms with Crippen LogP contribution in [-0.4, -0.2) is 107 Å². The lowest BCUT2D eigenvalue weighted by molar-refractivity contribution is -0.325. The van der Waals surface area contributed by atoms with Crippen LogP contribution in [0.5, 0.6) is 5.75 Å². The third-order valence-electron chi connectivity index (χ3n) is 10.9. The van der Waals surface area contributed by atoms with Gasteiger partial charge in [-0.3, -0.25) is 4.79 Å². The van der Waals surface area contributed by atoms with Crippen LogP contribution in [0, 0.1) is 5.92 Å². The van der Waals surface area contributed by atoms with Gasteiger partial charge in [-0.25, -0.2) is 0 Å². The zero-order valence-electron chi connectivity index (χ0n) is 37.2. The first-order valence-corrected chi connectivity index (χ1v) is 22.6. The number of unbranched alkanes of at least 4 members (excludes halogenated alkanes) is 5. The number of carbonyl (C=O) groups excluding carboxylic acids is 1. The van der Waals surface area contributed by atoms with E-state index in [1.54, 1.807) is 7.11 Å². The minimum absolute atomic E-state index is 0.0406. The molecule has 3 rings (SSSR count). The Balaban J connectivity index is 1.88. The third-order valence-corrected chi connectivity index (χ3v) is 10.9. The maximum Gasteiger partial charge on any atom is 0.220 e. The molecule has 1 aromatic rings. The van der Waals surface area contributed by atoms with E-state index in [1.807, 2.05) is 26.0 Å². The van der Waals surface area contributed by atoms with Crippen molar-refractivity contribution >= 4 is 5.91 Å². The van der Waals surface area contributed by atoms with E-state index in [9.17, 15) is 4.79 Å². The maximum atomic E-state index is 13.8. The molecule has 2 saturated heterocycles. The Morgan fingerprint density at radius 3 is 1.95 bits per heavy atom. The van der Waals surface area contributed by atoms with Crippen LogP contribution in [0.15, 0.2) is 24.3 Å². The lowest BCUT2D eigenvalue weighted by Gasteiger charge is -2.46. The van der Waals surface area contributed by atoms with Gasteiger partial charge in [0.05, 0.1) is 32.5 Å². The van der Waals surface area contributed by atoms with Gasteiger partial charge in [0, 0.05) is 32.8 Å². The number of methoxy groups -OCH3 is 1. The average Bonchev–Trinajstić information content (AvgIpc) is 3.53. The van der Waals surface area contributed by atoms with Gasteiger partial charge in [0.1, 0.15) is 36.3 Å². The summed E-state index contributed by atoms with van der Waals surface area (Å²) >= 11 is 0. The summed E-state index contributed by atoms with van der Waals surface area (Å²) in [6, 6.07) is 7.61. The number of benzene rings is 1. The molecule has 1 amide bonds. The third kappa shape index (κ3) is 17.4. The van der Waals surface area contributed by atoms with Gasteiger partial charge in [0.2, 0.25) is 5.91 Å². The number of aryl methyl sites for hydroxylation is 1. The zero-order valence-corrected chi connectivity index (χ0v) is 37.2. The van der Waals surface area contributed by atoms with Crippen molar-refractivity contribution in [3.8, 4) is 5.75 Å². The molecule has 2 fully saturated rings. The normalized spacial score (nSPS) is 25.7. The van der Waals surface area contributed by atoms with Gasteiger partial charge in [0.25, 0.3) is 0 Å². The second-order valence-corrected chi connectivity index (χ2v) is 16.4. The second kappa shape index (κ2) is 27.8. The van der Waals surface area contributed by atoms with Crippen LogP contribution in [0.25, 0.3) is 0 Å². The molecule has 9 atom stereocenters. The van der Waals surface area contributed by atoms with Crippen molar-refractivity contribution in [2.75, 3.05) is 46.8 Å². The lowest BCUT2D eigenvalue weighted by Crippen LogP contribution is -2.63. The lowest BCUT2D eigenvalue weighted by atomic mass is 9.91. The van der Waals surface area contributed by atoms with Gasteiger partial charge in [-0.05, 0) is 88.8 Å². The first kappa shape index (κ1) is 49.5. The Labute approximate surface area is 346 Å². The summed E-state index contributed by atoms with van der Waals surface area (Å²) in [4.78, 5) is 13.8. The highest BCUT2D eigenvalue weighted by Crippen LogP contribution is 2.36. The Kier molecular flexibility index (Phi) is 24.2. The van der Waals surface area contributed by atoms with E-state index in [0.29, 0.717) is 39.5 Å². The van der Waals surface area contributed by atoms with Gasteiger partial charge >= 0.3 is 0 Å². The fraction of sp³-hybridized carbons (Fsp3) is 0.848. The summed E-state index contributed by atoms with van der Waals surface area (Å²) in [5.74, 6) is 0.200. The van der Waals surface area contributed by atoms with E-state index in [0.717, 1.165) is 89.2 Å². The summed E-state index contributed by atoms with van der Waals surface area (Å²) in [5, 5.41) is 3.34. The van der Waals surface area contributed by atoms with Crippen molar-refractivity contribution in [2.45, 2.75) is 200 Å². The number of nitrogens with one attached hydrogen (secondary N) is 1. The van der Waals surface area contributed by atoms with Crippen molar-refractivity contribution in [3.05, 3.63) is 29.8 Å². The standard InChI is InChI=1S/C46H81NO10/c1-10-15-28-50-33-38-42(51-29-16-11-2)43(52-30-17-12-3)44(53-31-18-13-4)45(55-38)54-32-37(41-40(34(6)21-14-5)56-46(7,8)57-41)47-39(48)23-20-19-22-35-24-26-36(49-9)27-25-35/h24-27,34,37-38,40-45H,10-23,28-33H2,1-9H3,(H,47,48)/t34?,37-,38?,40+,41-,42?,43?,44?,45?/m0/s1. The van der Waals surface area contributed by atoms with Crippen LogP contribution >= 0.6 is 0 Å². The molecule has 0 aliphatic carbocycles. The van der Waals surface area contributed by atoms with Crippen molar-refractivity contribution in [2.24, 2.45) is 5.92 Å². The summed E-state index contributed by atoms with van der Waals surface area (Å²) < 4.78 is 58.2. The highest BCUT2D eigenvalue weighted by Gasteiger charge is 2.51. The van der Waals surface area contributed by atoms with Crippen molar-refractivity contribution in [1.29, 1.82) is 0 Å². The van der Waals surface area contributed by atoms with E-state index in [-0.39, 0.29) is 30.6 Å². The average molecular weight is 808 g/mol. The molecule has 57 heavy (non-hydrogen) atoms. The smallest absolute Gasteiger partial charge is 0.220 e. The summed E-state index contributed by atoms with van der Waals surface area (Å²) in [6.07, 6.45) is 9.47. The van der Waals surface area contributed by atoms with E-state index >= 15 is 0 Å². The molecule has 0 spiro atoms.